The fraction of sp³-hybridized carbons (Fsp3) is 0.500. The number of pyridine rings is 1. The number of rotatable bonds is 4. The molecule has 0 spiro atoms. The summed E-state index contributed by atoms with van der Waals surface area (Å²) < 4.78 is 0.425. The number of nitrogens with one attached hydrogen (secondary N) is 1. The van der Waals surface area contributed by atoms with Gasteiger partial charge < -0.3 is 5.32 Å². The van der Waals surface area contributed by atoms with Crippen LogP contribution < -0.4 is 5.32 Å². The lowest BCUT2D eigenvalue weighted by Gasteiger charge is -2.40. The minimum Gasteiger partial charge on any atom is -0.382 e. The predicted molar refractivity (Wildman–Crippen MR) is 67.5 cm³/mol. The van der Waals surface area contributed by atoms with E-state index in [0.717, 1.165) is 12.2 Å². The van der Waals surface area contributed by atoms with Gasteiger partial charge in [0.15, 0.2) is 0 Å². The maximum absolute atomic E-state index is 8.64. The smallest absolute Gasteiger partial charge is 0.140 e. The van der Waals surface area contributed by atoms with Crippen molar-refractivity contribution in [1.29, 1.82) is 5.26 Å². The summed E-state index contributed by atoms with van der Waals surface area (Å²) in [6, 6.07) is 5.68. The first-order chi connectivity index (χ1) is 7.78. The highest BCUT2D eigenvalue weighted by Gasteiger charge is 2.35. The molecule has 2 rings (SSSR count). The van der Waals surface area contributed by atoms with Crippen LogP contribution in [0.4, 0.5) is 5.69 Å². The maximum Gasteiger partial charge on any atom is 0.140 e. The van der Waals surface area contributed by atoms with Crippen molar-refractivity contribution in [2.75, 3.05) is 18.1 Å². The van der Waals surface area contributed by atoms with Gasteiger partial charge in [-0.2, -0.15) is 17.0 Å². The number of hydrogen-bond acceptors (Lipinski definition) is 4. The van der Waals surface area contributed by atoms with Crippen molar-refractivity contribution in [3.63, 3.8) is 0 Å². The molecule has 1 aromatic heterocycles. The third-order valence-electron chi connectivity index (χ3n) is 3.19. The van der Waals surface area contributed by atoms with E-state index in [0.29, 0.717) is 10.4 Å². The van der Waals surface area contributed by atoms with Crippen LogP contribution in [0.1, 0.15) is 25.0 Å². The Labute approximate surface area is 100 Å². The van der Waals surface area contributed by atoms with E-state index in [1.165, 1.54) is 19.3 Å². The minimum atomic E-state index is 0.425. The van der Waals surface area contributed by atoms with E-state index in [2.05, 4.69) is 16.6 Å². The van der Waals surface area contributed by atoms with Gasteiger partial charge >= 0.3 is 0 Å². The molecule has 1 aliphatic rings. The van der Waals surface area contributed by atoms with Gasteiger partial charge in [0, 0.05) is 11.3 Å². The molecule has 3 nitrogen and oxygen atoms in total. The first kappa shape index (κ1) is 11.3. The van der Waals surface area contributed by atoms with E-state index in [1.807, 2.05) is 23.9 Å². The van der Waals surface area contributed by atoms with Crippen LogP contribution in [-0.4, -0.2) is 22.5 Å². The van der Waals surface area contributed by atoms with E-state index >= 15 is 0 Å². The number of aromatic nitrogens is 1. The maximum atomic E-state index is 8.64. The Bertz CT molecular complexity index is 384. The Hall–Kier alpha value is -1.21. The molecule has 0 unspecified atom stereocenters. The third-order valence-corrected chi connectivity index (χ3v) is 4.61. The molecule has 0 aliphatic heterocycles. The van der Waals surface area contributed by atoms with Crippen molar-refractivity contribution in [3.05, 3.63) is 24.0 Å². The quantitative estimate of drug-likeness (QED) is 0.868. The zero-order valence-corrected chi connectivity index (χ0v) is 10.2. The van der Waals surface area contributed by atoms with Gasteiger partial charge in [0.25, 0.3) is 0 Å². The summed E-state index contributed by atoms with van der Waals surface area (Å²) in [5.74, 6) is 0. The highest BCUT2D eigenvalue weighted by atomic mass is 32.2. The van der Waals surface area contributed by atoms with Crippen molar-refractivity contribution in [3.8, 4) is 6.07 Å². The van der Waals surface area contributed by atoms with Gasteiger partial charge in [-0.3, -0.25) is 0 Å². The van der Waals surface area contributed by atoms with Crippen LogP contribution in [0.2, 0.25) is 0 Å². The normalized spacial score (nSPS) is 17.2. The van der Waals surface area contributed by atoms with Crippen LogP contribution in [0.3, 0.4) is 0 Å². The highest BCUT2D eigenvalue weighted by molar-refractivity contribution is 8.00. The molecular formula is C12H15N3S. The first-order valence-electron chi connectivity index (χ1n) is 5.43. The second kappa shape index (κ2) is 4.75. The van der Waals surface area contributed by atoms with Crippen LogP contribution >= 0.6 is 11.8 Å². The van der Waals surface area contributed by atoms with E-state index in [9.17, 15) is 0 Å². The van der Waals surface area contributed by atoms with Crippen LogP contribution in [0.15, 0.2) is 18.3 Å². The summed E-state index contributed by atoms with van der Waals surface area (Å²) in [6.07, 6.45) is 7.84. The summed E-state index contributed by atoms with van der Waals surface area (Å²) in [7, 11) is 0. The fourth-order valence-electron chi connectivity index (χ4n) is 1.85. The Morgan fingerprint density at radius 3 is 2.81 bits per heavy atom. The topological polar surface area (TPSA) is 48.7 Å². The molecule has 0 saturated heterocycles. The molecule has 0 bridgehead atoms. The summed E-state index contributed by atoms with van der Waals surface area (Å²) in [5.41, 5.74) is 1.47. The number of nitrogens with zero attached hydrogens (tertiary/aromatic N) is 2. The fourth-order valence-corrected chi connectivity index (χ4v) is 2.77. The molecule has 16 heavy (non-hydrogen) atoms. The van der Waals surface area contributed by atoms with Crippen molar-refractivity contribution in [2.45, 2.75) is 24.0 Å². The van der Waals surface area contributed by atoms with Gasteiger partial charge in [-0.1, -0.05) is 6.42 Å². The molecule has 1 aliphatic carbocycles. The van der Waals surface area contributed by atoms with Crippen molar-refractivity contribution in [1.82, 2.24) is 4.98 Å². The Morgan fingerprint density at radius 1 is 1.56 bits per heavy atom. The second-order valence-corrected chi connectivity index (χ2v) is 5.41. The lowest BCUT2D eigenvalue weighted by Crippen LogP contribution is -2.40. The second-order valence-electron chi connectivity index (χ2n) is 4.14. The molecule has 1 aromatic rings. The summed E-state index contributed by atoms with van der Waals surface area (Å²) in [4.78, 5) is 4.04. The lowest BCUT2D eigenvalue weighted by atomic mass is 9.84. The number of anilines is 1. The van der Waals surface area contributed by atoms with E-state index in [-0.39, 0.29) is 0 Å². The Balaban J connectivity index is 1.92. The molecule has 84 valence electrons. The number of thioether (sulfide) groups is 1. The average Bonchev–Trinajstić information content (AvgIpc) is 2.29. The van der Waals surface area contributed by atoms with E-state index in [1.54, 1.807) is 12.3 Å². The van der Waals surface area contributed by atoms with Crippen LogP contribution in [0.5, 0.6) is 0 Å². The minimum absolute atomic E-state index is 0.425. The van der Waals surface area contributed by atoms with Gasteiger partial charge in [-0.15, -0.1) is 0 Å². The lowest BCUT2D eigenvalue weighted by molar-refractivity contribution is 0.380. The molecule has 0 amide bonds. The standard InChI is InChI=1S/C12H15N3S/c1-16-12(5-2-6-12)9-15-11-4-3-10(7-13)14-8-11/h3-4,8,15H,2,5-6,9H2,1H3. The number of nitriles is 1. The van der Waals surface area contributed by atoms with Crippen LogP contribution in [-0.2, 0) is 0 Å². The molecule has 1 fully saturated rings. The van der Waals surface area contributed by atoms with Gasteiger partial charge in [0.1, 0.15) is 11.8 Å². The van der Waals surface area contributed by atoms with E-state index < -0.39 is 0 Å². The molecule has 1 saturated carbocycles. The zero-order chi connectivity index (χ0) is 11.4. The SMILES string of the molecule is CSC1(CNc2ccc(C#N)nc2)CCC1. The monoisotopic (exact) mass is 233 g/mol. The molecule has 0 atom stereocenters. The van der Waals surface area contributed by atoms with Crippen molar-refractivity contribution < 1.29 is 0 Å². The Morgan fingerprint density at radius 2 is 2.38 bits per heavy atom. The molecular weight excluding hydrogens is 218 g/mol. The molecule has 0 aromatic carbocycles. The van der Waals surface area contributed by atoms with Crippen molar-refractivity contribution >= 4 is 17.4 Å². The van der Waals surface area contributed by atoms with Gasteiger partial charge in [-0.05, 0) is 31.2 Å². The van der Waals surface area contributed by atoms with Gasteiger partial charge in [-0.25, -0.2) is 4.98 Å². The average molecular weight is 233 g/mol. The summed E-state index contributed by atoms with van der Waals surface area (Å²) in [5, 5.41) is 12.0. The molecule has 1 heterocycles. The van der Waals surface area contributed by atoms with E-state index in [4.69, 9.17) is 5.26 Å². The molecule has 4 heteroatoms. The highest BCUT2D eigenvalue weighted by Crippen LogP contribution is 2.42. The summed E-state index contributed by atoms with van der Waals surface area (Å²) >= 11 is 1.95. The molecule has 0 radical (unpaired) electrons. The van der Waals surface area contributed by atoms with Gasteiger partial charge in [0.2, 0.25) is 0 Å². The van der Waals surface area contributed by atoms with Gasteiger partial charge in [0.05, 0.1) is 11.9 Å². The first-order valence-corrected chi connectivity index (χ1v) is 6.66. The largest absolute Gasteiger partial charge is 0.382 e. The van der Waals surface area contributed by atoms with Crippen LogP contribution in [0, 0.1) is 11.3 Å². The predicted octanol–water partition coefficient (Wildman–Crippen LogP) is 2.65. The third kappa shape index (κ3) is 2.30. The zero-order valence-electron chi connectivity index (χ0n) is 9.36. The summed E-state index contributed by atoms with van der Waals surface area (Å²) in [6.45, 7) is 0.988. The van der Waals surface area contributed by atoms with Crippen molar-refractivity contribution in [2.24, 2.45) is 0 Å². The Kier molecular flexibility index (Phi) is 3.35. The molecule has 1 N–H and O–H groups in total. The number of hydrogen-bond donors (Lipinski definition) is 1. The van der Waals surface area contributed by atoms with Crippen LogP contribution in [0.25, 0.3) is 0 Å².